The van der Waals surface area contributed by atoms with E-state index in [-0.39, 0.29) is 17.9 Å². The van der Waals surface area contributed by atoms with Crippen molar-refractivity contribution in [3.63, 3.8) is 0 Å². The van der Waals surface area contributed by atoms with Crippen molar-refractivity contribution in [1.82, 2.24) is 0 Å². The van der Waals surface area contributed by atoms with Crippen molar-refractivity contribution < 1.29 is 15.0 Å². The fourth-order valence-electron chi connectivity index (χ4n) is 2.97. The molecule has 0 aliphatic rings. The molecule has 0 saturated heterocycles. The largest absolute Gasteiger partial charge is 0.506 e. The van der Waals surface area contributed by atoms with Crippen molar-refractivity contribution in [3.8, 4) is 11.8 Å². The van der Waals surface area contributed by atoms with Crippen LogP contribution >= 0.6 is 68.4 Å². The molecule has 10 heteroatoms. The Morgan fingerprint density at radius 3 is 2.35 bits per heavy atom. The first-order valence-corrected chi connectivity index (χ1v) is 12.8. The molecular formula is C24H21Cl2I2N3O3. The SMILES string of the molecule is Cc1cc(C(C#N)c2ccc(Cl)cc2)c(Cl)cc1NC(=O)c1cc(I)cc(I)c1O.NCCO. The number of aliphatic hydroxyl groups excluding tert-OH is 1. The Morgan fingerprint density at radius 2 is 1.79 bits per heavy atom. The van der Waals surface area contributed by atoms with Gasteiger partial charge in [0.2, 0.25) is 0 Å². The van der Waals surface area contributed by atoms with Crippen molar-refractivity contribution >= 4 is 80.0 Å². The number of benzene rings is 3. The maximum absolute atomic E-state index is 12.7. The molecule has 6 nitrogen and oxygen atoms in total. The normalized spacial score (nSPS) is 11.1. The molecule has 0 bridgehead atoms. The van der Waals surface area contributed by atoms with E-state index in [1.807, 2.05) is 29.5 Å². The highest BCUT2D eigenvalue weighted by molar-refractivity contribution is 14.1. The highest BCUT2D eigenvalue weighted by Gasteiger charge is 2.20. The summed E-state index contributed by atoms with van der Waals surface area (Å²) in [5, 5.41) is 31.5. The predicted octanol–water partition coefficient (Wildman–Crippen LogP) is 6.06. The minimum absolute atomic E-state index is 0.0684. The first-order chi connectivity index (χ1) is 16.1. The molecule has 0 spiro atoms. The zero-order valence-corrected chi connectivity index (χ0v) is 23.8. The number of aliphatic hydroxyl groups is 1. The Hall–Kier alpha value is -1.62. The highest BCUT2D eigenvalue weighted by atomic mass is 127. The van der Waals surface area contributed by atoms with Crippen LogP contribution in [0.5, 0.6) is 5.75 Å². The van der Waals surface area contributed by atoms with Crippen LogP contribution in [0, 0.1) is 25.4 Å². The fraction of sp³-hybridized carbons (Fsp3) is 0.167. The summed E-state index contributed by atoms with van der Waals surface area (Å²) in [4.78, 5) is 12.7. The maximum Gasteiger partial charge on any atom is 0.259 e. The molecular weight excluding hydrogens is 703 g/mol. The van der Waals surface area contributed by atoms with Crippen molar-refractivity contribution in [3.05, 3.63) is 88.0 Å². The number of carbonyl (C=O) groups excluding carboxylic acids is 1. The first-order valence-electron chi connectivity index (χ1n) is 9.88. The second-order valence-electron chi connectivity index (χ2n) is 7.05. The smallest absolute Gasteiger partial charge is 0.259 e. The minimum atomic E-state index is -0.570. The molecule has 0 aliphatic heterocycles. The molecule has 3 rings (SSSR count). The molecule has 34 heavy (non-hydrogen) atoms. The second kappa shape index (κ2) is 13.5. The summed E-state index contributed by atoms with van der Waals surface area (Å²) in [6.45, 7) is 2.30. The third-order valence-electron chi connectivity index (χ3n) is 4.64. The molecule has 1 amide bonds. The van der Waals surface area contributed by atoms with Crippen LogP contribution < -0.4 is 11.1 Å². The number of hydrogen-bond donors (Lipinski definition) is 4. The van der Waals surface area contributed by atoms with Crippen LogP contribution in [0.4, 0.5) is 5.69 Å². The summed E-state index contributed by atoms with van der Waals surface area (Å²) in [5.74, 6) is -1.08. The third-order valence-corrected chi connectivity index (χ3v) is 6.66. The molecule has 1 atom stereocenters. The van der Waals surface area contributed by atoms with Crippen LogP contribution in [0.3, 0.4) is 0 Å². The molecule has 0 aliphatic carbocycles. The Morgan fingerprint density at radius 1 is 1.18 bits per heavy atom. The number of rotatable bonds is 5. The number of aromatic hydroxyl groups is 1. The number of halogens is 4. The highest BCUT2D eigenvalue weighted by Crippen LogP contribution is 2.35. The van der Waals surface area contributed by atoms with E-state index < -0.39 is 11.8 Å². The number of carbonyl (C=O) groups is 1. The zero-order chi connectivity index (χ0) is 25.4. The third kappa shape index (κ3) is 7.44. The Labute approximate surface area is 235 Å². The van der Waals surface area contributed by atoms with Gasteiger partial charge in [0, 0.05) is 25.8 Å². The molecule has 0 heterocycles. The number of hydrogen-bond acceptors (Lipinski definition) is 5. The number of nitrogens with zero attached hydrogens (tertiary/aromatic N) is 1. The van der Waals surface area contributed by atoms with Gasteiger partial charge in [0.05, 0.1) is 27.7 Å². The van der Waals surface area contributed by atoms with Crippen molar-refractivity contribution in [2.75, 3.05) is 18.5 Å². The molecule has 0 radical (unpaired) electrons. The van der Waals surface area contributed by atoms with Crippen molar-refractivity contribution in [1.29, 1.82) is 5.26 Å². The van der Waals surface area contributed by atoms with Crippen LogP contribution in [0.25, 0.3) is 0 Å². The lowest BCUT2D eigenvalue weighted by Gasteiger charge is -2.16. The summed E-state index contributed by atoms with van der Waals surface area (Å²) in [5.41, 5.74) is 7.63. The molecule has 0 fully saturated rings. The van der Waals surface area contributed by atoms with E-state index >= 15 is 0 Å². The van der Waals surface area contributed by atoms with E-state index in [4.69, 9.17) is 34.0 Å². The maximum atomic E-state index is 12.7. The second-order valence-corrected chi connectivity index (χ2v) is 10.3. The standard InChI is InChI=1S/C22H14Cl2I2N2O2.C2H7NO/c1-11-6-15(17(10-27)12-2-4-13(23)5-3-12)18(24)9-20(11)28-22(30)16-7-14(25)8-19(26)21(16)29;3-1-2-4/h2-9,17,29H,1H3,(H,28,30);4H,1-3H2. The molecule has 1 unspecified atom stereocenters. The average Bonchev–Trinajstić information content (AvgIpc) is 2.81. The van der Waals surface area contributed by atoms with Gasteiger partial charge in [-0.15, -0.1) is 0 Å². The monoisotopic (exact) mass is 723 g/mol. The van der Waals surface area contributed by atoms with E-state index in [0.717, 1.165) is 14.7 Å². The molecule has 0 saturated carbocycles. The van der Waals surface area contributed by atoms with Crippen LogP contribution in [-0.4, -0.2) is 29.3 Å². The van der Waals surface area contributed by atoms with Crippen molar-refractivity contribution in [2.24, 2.45) is 5.73 Å². The zero-order valence-electron chi connectivity index (χ0n) is 17.9. The summed E-state index contributed by atoms with van der Waals surface area (Å²) >= 11 is 16.5. The van der Waals surface area contributed by atoms with Gasteiger partial charge in [0.15, 0.2) is 0 Å². The quantitative estimate of drug-likeness (QED) is 0.239. The average molecular weight is 724 g/mol. The van der Waals surface area contributed by atoms with E-state index in [0.29, 0.717) is 31.4 Å². The van der Waals surface area contributed by atoms with Gasteiger partial charge >= 0.3 is 0 Å². The predicted molar refractivity (Wildman–Crippen MR) is 153 cm³/mol. The van der Waals surface area contributed by atoms with Gasteiger partial charge < -0.3 is 21.3 Å². The van der Waals surface area contributed by atoms with Gasteiger partial charge in [-0.05, 0) is 99.1 Å². The van der Waals surface area contributed by atoms with Gasteiger partial charge in [0.25, 0.3) is 5.91 Å². The summed E-state index contributed by atoms with van der Waals surface area (Å²) in [6, 6.07) is 16.1. The van der Waals surface area contributed by atoms with Gasteiger partial charge in [-0.2, -0.15) is 5.26 Å². The van der Waals surface area contributed by atoms with Gasteiger partial charge in [-0.1, -0.05) is 41.4 Å². The number of amides is 1. The lowest BCUT2D eigenvalue weighted by molar-refractivity contribution is 0.102. The number of aryl methyl sites for hydroxylation is 1. The molecule has 3 aromatic carbocycles. The Bertz CT molecular complexity index is 1210. The molecule has 0 aromatic heterocycles. The molecule has 3 aromatic rings. The summed E-state index contributed by atoms with van der Waals surface area (Å²) < 4.78 is 1.43. The van der Waals surface area contributed by atoms with Crippen LogP contribution in [0.1, 0.15) is 33.0 Å². The van der Waals surface area contributed by atoms with E-state index in [9.17, 15) is 15.2 Å². The van der Waals surface area contributed by atoms with Gasteiger partial charge in [-0.25, -0.2) is 0 Å². The van der Waals surface area contributed by atoms with Crippen LogP contribution in [0.2, 0.25) is 10.0 Å². The lowest BCUT2D eigenvalue weighted by atomic mass is 9.91. The van der Waals surface area contributed by atoms with Crippen LogP contribution in [-0.2, 0) is 0 Å². The number of nitrogens with two attached hydrogens (primary N) is 1. The first kappa shape index (κ1) is 28.6. The summed E-state index contributed by atoms with van der Waals surface area (Å²) in [6.07, 6.45) is 0. The molecule has 5 N–H and O–H groups in total. The van der Waals surface area contributed by atoms with Gasteiger partial charge in [-0.3, -0.25) is 4.79 Å². The van der Waals surface area contributed by atoms with E-state index in [1.165, 1.54) is 0 Å². The number of phenols is 1. The topological polar surface area (TPSA) is 119 Å². The van der Waals surface area contributed by atoms with Gasteiger partial charge in [0.1, 0.15) is 5.75 Å². The minimum Gasteiger partial charge on any atom is -0.506 e. The number of anilines is 1. The Balaban J connectivity index is 0.000000945. The van der Waals surface area contributed by atoms with E-state index in [2.05, 4.69) is 34.0 Å². The van der Waals surface area contributed by atoms with Crippen LogP contribution in [0.15, 0.2) is 48.5 Å². The molecule has 178 valence electrons. The Kier molecular flexibility index (Phi) is 11.3. The number of nitrogens with one attached hydrogen (secondary N) is 1. The lowest BCUT2D eigenvalue weighted by Crippen LogP contribution is -2.14. The fourth-order valence-corrected chi connectivity index (χ4v) is 5.21. The number of phenolic OH excluding ortho intramolecular Hbond substituents is 1. The summed E-state index contributed by atoms with van der Waals surface area (Å²) in [7, 11) is 0. The number of nitriles is 1. The van der Waals surface area contributed by atoms with E-state index in [1.54, 1.807) is 48.5 Å². The van der Waals surface area contributed by atoms with Crippen molar-refractivity contribution in [2.45, 2.75) is 12.8 Å².